The summed E-state index contributed by atoms with van der Waals surface area (Å²) in [5.74, 6) is 4.01. The summed E-state index contributed by atoms with van der Waals surface area (Å²) in [5, 5.41) is 11.2. The summed E-state index contributed by atoms with van der Waals surface area (Å²) in [4.78, 5) is 33.6. The summed E-state index contributed by atoms with van der Waals surface area (Å²) in [6.45, 7) is 12.1. The van der Waals surface area contributed by atoms with Crippen molar-refractivity contribution < 1.29 is 23.1 Å². The van der Waals surface area contributed by atoms with Gasteiger partial charge in [-0.15, -0.1) is 5.92 Å². The van der Waals surface area contributed by atoms with E-state index in [0.29, 0.717) is 22.9 Å². The van der Waals surface area contributed by atoms with Crippen molar-refractivity contribution in [3.63, 3.8) is 0 Å². The van der Waals surface area contributed by atoms with Crippen LogP contribution in [0.5, 0.6) is 0 Å². The maximum Gasteiger partial charge on any atom is 0.490 e. The minimum Gasteiger partial charge on any atom is -0.475 e. The van der Waals surface area contributed by atoms with Crippen molar-refractivity contribution >= 4 is 34.8 Å². The van der Waals surface area contributed by atoms with Crippen LogP contribution in [-0.4, -0.2) is 67.3 Å². The number of anilines is 1. The van der Waals surface area contributed by atoms with Crippen LogP contribution in [0, 0.1) is 11.8 Å². The van der Waals surface area contributed by atoms with Crippen LogP contribution in [0.4, 0.5) is 19.1 Å². The Kier molecular flexibility index (Phi) is 8.42. The highest BCUT2D eigenvalue weighted by Crippen LogP contribution is 2.30. The van der Waals surface area contributed by atoms with Gasteiger partial charge < -0.3 is 15.3 Å². The number of alkyl halides is 3. The van der Waals surface area contributed by atoms with Crippen LogP contribution in [0.1, 0.15) is 27.7 Å². The highest BCUT2D eigenvalue weighted by molar-refractivity contribution is 8.00. The van der Waals surface area contributed by atoms with Gasteiger partial charge in [0, 0.05) is 38.0 Å². The van der Waals surface area contributed by atoms with Gasteiger partial charge in [0.1, 0.15) is 0 Å². The van der Waals surface area contributed by atoms with E-state index in [9.17, 15) is 18.0 Å². The molecule has 0 aliphatic carbocycles. The number of hydrogen-bond donors (Lipinski definition) is 2. The number of fused-ring (bicyclic) bond motifs is 1. The molecule has 33 heavy (non-hydrogen) atoms. The van der Waals surface area contributed by atoms with Gasteiger partial charge in [0.15, 0.2) is 16.3 Å². The van der Waals surface area contributed by atoms with E-state index >= 15 is 0 Å². The number of piperazine rings is 1. The van der Waals surface area contributed by atoms with Crippen LogP contribution in [0.25, 0.3) is 11.2 Å². The molecule has 0 saturated carbocycles. The first-order chi connectivity index (χ1) is 15.3. The number of nitrogens with zero attached hydrogens (tertiary/aromatic N) is 5. The predicted molar refractivity (Wildman–Crippen MR) is 121 cm³/mol. The second-order valence-corrected chi connectivity index (χ2v) is 9.90. The molecule has 3 rings (SSSR count). The first-order valence-electron chi connectivity index (χ1n) is 10.1. The monoisotopic (exact) mass is 488 g/mol. The molecule has 0 spiro atoms. The zero-order chi connectivity index (χ0) is 25.0. The van der Waals surface area contributed by atoms with Crippen molar-refractivity contribution in [2.75, 3.05) is 31.1 Å². The van der Waals surface area contributed by atoms with Gasteiger partial charge in [0.25, 0.3) is 5.56 Å². The van der Waals surface area contributed by atoms with Crippen molar-refractivity contribution in [2.45, 2.75) is 50.3 Å². The van der Waals surface area contributed by atoms with E-state index in [-0.39, 0.29) is 10.3 Å². The first-order valence-corrected chi connectivity index (χ1v) is 10.9. The Morgan fingerprint density at radius 3 is 2.27 bits per heavy atom. The van der Waals surface area contributed by atoms with Crippen LogP contribution in [0.15, 0.2) is 9.95 Å². The van der Waals surface area contributed by atoms with Gasteiger partial charge in [-0.3, -0.25) is 13.9 Å². The molecule has 0 bridgehead atoms. The predicted octanol–water partition coefficient (Wildman–Crippen LogP) is 2.09. The molecule has 182 valence electrons. The normalized spacial score (nSPS) is 14.4. The number of nitrogens with one attached hydrogen (secondary N) is 1. The summed E-state index contributed by atoms with van der Waals surface area (Å²) in [7, 11) is 1.77. The molecule has 0 aromatic carbocycles. The number of carboxylic acids is 1. The van der Waals surface area contributed by atoms with E-state index in [1.165, 1.54) is 0 Å². The molecule has 1 fully saturated rings. The Balaban J connectivity index is 0.000000479. The maximum absolute atomic E-state index is 13.1. The maximum atomic E-state index is 13.1. The van der Waals surface area contributed by atoms with Crippen molar-refractivity contribution in [3.8, 4) is 11.8 Å². The molecule has 1 aliphatic rings. The quantitative estimate of drug-likeness (QED) is 0.385. The van der Waals surface area contributed by atoms with Crippen molar-refractivity contribution in [3.05, 3.63) is 10.4 Å². The summed E-state index contributed by atoms with van der Waals surface area (Å²) >= 11 is 1.58. The van der Waals surface area contributed by atoms with Crippen LogP contribution in [0.2, 0.25) is 0 Å². The van der Waals surface area contributed by atoms with Crippen LogP contribution in [-0.2, 0) is 18.4 Å². The van der Waals surface area contributed by atoms with E-state index < -0.39 is 12.1 Å². The number of aliphatic carboxylic acids is 1. The topological polar surface area (TPSA) is 105 Å². The number of halogens is 3. The minimum atomic E-state index is -5.08. The van der Waals surface area contributed by atoms with Crippen LogP contribution >= 0.6 is 11.8 Å². The van der Waals surface area contributed by atoms with Crippen molar-refractivity contribution in [2.24, 2.45) is 7.05 Å². The minimum absolute atomic E-state index is 0.0392. The molecule has 1 aliphatic heterocycles. The Bertz CT molecular complexity index is 1120. The molecule has 3 heterocycles. The largest absolute Gasteiger partial charge is 0.490 e. The average molecular weight is 489 g/mol. The molecule has 13 heteroatoms. The Labute approximate surface area is 193 Å². The van der Waals surface area contributed by atoms with Gasteiger partial charge in [-0.2, -0.15) is 18.2 Å². The van der Waals surface area contributed by atoms with E-state index in [1.807, 2.05) is 4.57 Å². The third-order valence-electron chi connectivity index (χ3n) is 4.38. The third-order valence-corrected chi connectivity index (χ3v) is 5.54. The number of carbonyl (C=O) groups is 1. The fraction of sp³-hybridized carbons (Fsp3) is 0.600. The lowest BCUT2D eigenvalue weighted by molar-refractivity contribution is -0.192. The first kappa shape index (κ1) is 26.5. The van der Waals surface area contributed by atoms with Crippen molar-refractivity contribution in [1.82, 2.24) is 24.4 Å². The standard InChI is InChI=1S/C18H26N6OS.C2HF3O2/c1-6-7-10-24-13-14(20-16(24)23-11-8-19-9-12-23)21-17(22(5)15(13)25)26-18(2,3)4;3-2(4,5)1(6)7/h19H,8-12H2,1-5H3;(H,6,7). The molecule has 0 unspecified atom stereocenters. The lowest BCUT2D eigenvalue weighted by atomic mass is 10.3. The second kappa shape index (κ2) is 10.5. The molecule has 0 atom stereocenters. The third kappa shape index (κ3) is 6.88. The van der Waals surface area contributed by atoms with E-state index in [0.717, 1.165) is 32.1 Å². The Hall–Kier alpha value is -2.72. The Morgan fingerprint density at radius 2 is 1.79 bits per heavy atom. The van der Waals surface area contributed by atoms with E-state index in [2.05, 4.69) is 42.8 Å². The van der Waals surface area contributed by atoms with Gasteiger partial charge in [-0.25, -0.2) is 9.78 Å². The second-order valence-electron chi connectivity index (χ2n) is 8.11. The number of carboxylic acid groups (broad SMARTS) is 1. The molecule has 0 radical (unpaired) electrons. The molecule has 9 nitrogen and oxygen atoms in total. The fourth-order valence-electron chi connectivity index (χ4n) is 2.91. The van der Waals surface area contributed by atoms with Gasteiger partial charge in [-0.1, -0.05) is 38.5 Å². The molecule has 2 aromatic heterocycles. The zero-order valence-electron chi connectivity index (χ0n) is 19.1. The summed E-state index contributed by atoms with van der Waals surface area (Å²) in [6.07, 6.45) is -5.08. The number of rotatable bonds is 3. The fourth-order valence-corrected chi connectivity index (χ4v) is 3.81. The SMILES string of the molecule is CC#CCn1c(N2CCNCC2)nc2nc(SC(C)(C)C)n(C)c(=O)c21.O=C(O)C(F)(F)F. The van der Waals surface area contributed by atoms with Crippen LogP contribution in [0.3, 0.4) is 0 Å². The molecule has 2 aromatic rings. The summed E-state index contributed by atoms with van der Waals surface area (Å²) < 4.78 is 35.2. The lowest BCUT2D eigenvalue weighted by Crippen LogP contribution is -2.44. The van der Waals surface area contributed by atoms with E-state index in [4.69, 9.17) is 19.9 Å². The van der Waals surface area contributed by atoms with Crippen molar-refractivity contribution in [1.29, 1.82) is 0 Å². The molecule has 0 amide bonds. The van der Waals surface area contributed by atoms with Gasteiger partial charge >= 0.3 is 12.1 Å². The molecule has 1 saturated heterocycles. The van der Waals surface area contributed by atoms with Gasteiger partial charge in [-0.05, 0) is 6.92 Å². The summed E-state index contributed by atoms with van der Waals surface area (Å²) in [5.41, 5.74) is 0.960. The van der Waals surface area contributed by atoms with Gasteiger partial charge in [0.2, 0.25) is 5.95 Å². The molecule has 2 N–H and O–H groups in total. The van der Waals surface area contributed by atoms with Gasteiger partial charge in [0.05, 0.1) is 6.54 Å². The average Bonchev–Trinajstić information content (AvgIpc) is 3.08. The number of hydrogen-bond acceptors (Lipinski definition) is 7. The lowest BCUT2D eigenvalue weighted by Gasteiger charge is -2.28. The molecular formula is C20H27F3N6O3S. The van der Waals surface area contributed by atoms with Crippen LogP contribution < -0.4 is 15.8 Å². The van der Waals surface area contributed by atoms with E-state index in [1.54, 1.807) is 30.3 Å². The Morgan fingerprint density at radius 1 is 1.21 bits per heavy atom. The highest BCUT2D eigenvalue weighted by Gasteiger charge is 2.38. The molecular weight excluding hydrogens is 461 g/mol. The number of aromatic nitrogens is 4. The smallest absolute Gasteiger partial charge is 0.475 e. The number of thioether (sulfide) groups is 1. The highest BCUT2D eigenvalue weighted by atomic mass is 32.2. The summed E-state index contributed by atoms with van der Waals surface area (Å²) in [6, 6.07) is 0. The zero-order valence-corrected chi connectivity index (χ0v) is 19.9. The number of imidazole rings is 1.